The van der Waals surface area contributed by atoms with Crippen LogP contribution in [0.1, 0.15) is 12.8 Å². The maximum atomic E-state index is 12.7. The molecule has 0 saturated carbocycles. The Morgan fingerprint density at radius 3 is 2.46 bits per heavy atom. The highest BCUT2D eigenvalue weighted by atomic mass is 35.5. The third-order valence-corrected chi connectivity index (χ3v) is 7.18. The van der Waals surface area contributed by atoms with Gasteiger partial charge in [-0.05, 0) is 49.2 Å². The summed E-state index contributed by atoms with van der Waals surface area (Å²) in [4.78, 5) is 31.7. The molecule has 0 spiro atoms. The summed E-state index contributed by atoms with van der Waals surface area (Å²) in [6.45, 7) is 4.00. The molecule has 4 aliphatic rings. The molecule has 0 aromatic carbocycles. The number of urea groups is 1. The van der Waals surface area contributed by atoms with Crippen molar-refractivity contribution in [1.29, 1.82) is 0 Å². The molecule has 2 N–H and O–H groups in total. The molecule has 0 radical (unpaired) electrons. The molecule has 7 rings (SSSR count). The van der Waals surface area contributed by atoms with Crippen LogP contribution >= 0.6 is 50.2 Å². The molecule has 2 fully saturated rings. The molecular formula is C24H28Cl2N8OS2. The van der Waals surface area contributed by atoms with Crippen LogP contribution in [-0.2, 0) is 0 Å². The standard InChI is InChI=1S/C15H14ClN5O.C9H10ClN3.2H2S/c16-13-4-3-12-14(19-13)21(11-5-7-20(12)9-11)15(22)18-10-2-1-6-17-8-10;10-8-2-1-7-9(12-8)11-6-3-4-13(7)5-6;;/h1-4,6,8,11H,5,7,9H2,(H,18,22);1-2,6H,3-5H2,(H,11,12);2*1H2/t11-;6-;;/m00../s1. The largest absolute Gasteiger partial charge is 0.366 e. The Kier molecular flexibility index (Phi) is 8.47. The van der Waals surface area contributed by atoms with E-state index in [9.17, 15) is 4.79 Å². The van der Waals surface area contributed by atoms with E-state index in [2.05, 4.69) is 35.4 Å². The van der Waals surface area contributed by atoms with Crippen molar-refractivity contribution in [3.8, 4) is 0 Å². The van der Waals surface area contributed by atoms with Gasteiger partial charge in [-0.3, -0.25) is 9.88 Å². The highest BCUT2D eigenvalue weighted by molar-refractivity contribution is 7.59. The molecule has 2 saturated heterocycles. The number of anilines is 5. The predicted octanol–water partition coefficient (Wildman–Crippen LogP) is 4.73. The summed E-state index contributed by atoms with van der Waals surface area (Å²) < 4.78 is 0. The first-order valence-electron chi connectivity index (χ1n) is 11.6. The van der Waals surface area contributed by atoms with Crippen molar-refractivity contribution in [2.24, 2.45) is 0 Å². The number of nitrogens with one attached hydrogen (secondary N) is 2. The van der Waals surface area contributed by atoms with Crippen molar-refractivity contribution < 1.29 is 4.79 Å². The molecule has 37 heavy (non-hydrogen) atoms. The van der Waals surface area contributed by atoms with Gasteiger partial charge in [0.05, 0.1) is 29.3 Å². The van der Waals surface area contributed by atoms with Gasteiger partial charge in [0.25, 0.3) is 0 Å². The van der Waals surface area contributed by atoms with Crippen LogP contribution < -0.4 is 25.3 Å². The number of aromatic nitrogens is 3. The fourth-order valence-corrected chi connectivity index (χ4v) is 5.44. The highest BCUT2D eigenvalue weighted by Gasteiger charge is 2.40. The van der Waals surface area contributed by atoms with Crippen molar-refractivity contribution in [2.45, 2.75) is 24.9 Å². The van der Waals surface area contributed by atoms with Gasteiger partial charge in [0.15, 0.2) is 11.6 Å². The lowest BCUT2D eigenvalue weighted by Gasteiger charge is -2.35. The van der Waals surface area contributed by atoms with E-state index in [-0.39, 0.29) is 39.1 Å². The number of halogens is 2. The monoisotopic (exact) mass is 578 g/mol. The Morgan fingerprint density at radius 2 is 1.68 bits per heavy atom. The summed E-state index contributed by atoms with van der Waals surface area (Å²) in [5.41, 5.74) is 2.81. The van der Waals surface area contributed by atoms with Gasteiger partial charge in [-0.25, -0.2) is 14.8 Å². The van der Waals surface area contributed by atoms with Crippen LogP contribution in [0.5, 0.6) is 0 Å². The zero-order chi connectivity index (χ0) is 23.9. The highest BCUT2D eigenvalue weighted by Crippen LogP contribution is 2.39. The minimum Gasteiger partial charge on any atom is -0.366 e. The second-order valence-corrected chi connectivity index (χ2v) is 9.76. The van der Waals surface area contributed by atoms with Crippen molar-refractivity contribution in [1.82, 2.24) is 15.0 Å². The van der Waals surface area contributed by atoms with Gasteiger partial charge < -0.3 is 20.4 Å². The number of hydrogen-bond donors (Lipinski definition) is 2. The quantitative estimate of drug-likeness (QED) is 0.403. The average molecular weight is 580 g/mol. The van der Waals surface area contributed by atoms with Crippen molar-refractivity contribution >= 4 is 84.9 Å². The zero-order valence-corrected chi connectivity index (χ0v) is 23.4. The molecule has 13 heteroatoms. The van der Waals surface area contributed by atoms with Crippen LogP contribution in [0.25, 0.3) is 0 Å². The minimum atomic E-state index is -0.199. The zero-order valence-electron chi connectivity index (χ0n) is 19.9. The van der Waals surface area contributed by atoms with E-state index in [1.165, 1.54) is 12.1 Å². The van der Waals surface area contributed by atoms with Crippen LogP contribution in [-0.4, -0.2) is 59.2 Å². The average Bonchev–Trinajstić information content (AvgIpc) is 3.45. The third kappa shape index (κ3) is 5.50. The lowest BCUT2D eigenvalue weighted by Crippen LogP contribution is -2.48. The first kappa shape index (κ1) is 27.4. The van der Waals surface area contributed by atoms with Crippen molar-refractivity contribution in [3.05, 3.63) is 59.1 Å². The SMILES string of the molecule is Clc1ccc2c(n1)N[C@H]1CCN2C1.O=C(Nc1cccnc1)N1c2nc(Cl)ccc2N2CC[C@H]1C2.S.S. The second kappa shape index (κ2) is 11.4. The molecule has 3 aromatic rings. The van der Waals surface area contributed by atoms with Crippen LogP contribution in [0, 0.1) is 0 Å². The number of fused-ring (bicyclic) bond motifs is 8. The Balaban J connectivity index is 0.000000183. The molecule has 9 nitrogen and oxygen atoms in total. The van der Waals surface area contributed by atoms with Gasteiger partial charge in [-0.15, -0.1) is 0 Å². The number of nitrogens with zero attached hydrogens (tertiary/aromatic N) is 6. The van der Waals surface area contributed by atoms with Crippen LogP contribution in [0.4, 0.5) is 33.5 Å². The first-order chi connectivity index (χ1) is 17.0. The number of carbonyl (C=O) groups is 1. The smallest absolute Gasteiger partial charge is 0.327 e. The predicted molar refractivity (Wildman–Crippen MR) is 160 cm³/mol. The molecular weight excluding hydrogens is 551 g/mol. The van der Waals surface area contributed by atoms with Crippen LogP contribution in [0.15, 0.2) is 48.8 Å². The third-order valence-electron chi connectivity index (χ3n) is 6.76. The Morgan fingerprint density at radius 1 is 0.946 bits per heavy atom. The first-order valence-corrected chi connectivity index (χ1v) is 12.4. The van der Waals surface area contributed by atoms with E-state index in [1.54, 1.807) is 29.4 Å². The molecule has 2 atom stereocenters. The molecule has 7 heterocycles. The van der Waals surface area contributed by atoms with Crippen LogP contribution in [0.3, 0.4) is 0 Å². The van der Waals surface area contributed by atoms with Gasteiger partial charge in [0.2, 0.25) is 0 Å². The van der Waals surface area contributed by atoms with Gasteiger partial charge in [0.1, 0.15) is 10.3 Å². The maximum Gasteiger partial charge on any atom is 0.327 e. The topological polar surface area (TPSA) is 89.5 Å². The normalized spacial score (nSPS) is 19.8. The number of pyridine rings is 3. The molecule has 2 amide bonds. The number of carbonyl (C=O) groups excluding carboxylic acids is 1. The molecule has 4 bridgehead atoms. The summed E-state index contributed by atoms with van der Waals surface area (Å²) in [6, 6.07) is 11.7. The summed E-state index contributed by atoms with van der Waals surface area (Å²) in [5, 5.41) is 7.22. The number of hydrogen-bond acceptors (Lipinski definition) is 7. The number of rotatable bonds is 1. The molecule has 4 aliphatic heterocycles. The van der Waals surface area contributed by atoms with Gasteiger partial charge in [-0.2, -0.15) is 27.0 Å². The Hall–Kier alpha value is -2.60. The number of amides is 2. The Labute approximate surface area is 239 Å². The van der Waals surface area contributed by atoms with Crippen molar-refractivity contribution in [3.63, 3.8) is 0 Å². The van der Waals surface area contributed by atoms with E-state index in [0.717, 1.165) is 44.1 Å². The van der Waals surface area contributed by atoms with Gasteiger partial charge in [-0.1, -0.05) is 23.2 Å². The second-order valence-electron chi connectivity index (χ2n) is 8.98. The minimum absolute atomic E-state index is 0. The van der Waals surface area contributed by atoms with Crippen molar-refractivity contribution in [2.75, 3.05) is 51.5 Å². The van der Waals surface area contributed by atoms with Gasteiger partial charge in [0, 0.05) is 38.4 Å². The Bertz CT molecular complexity index is 1270. The van der Waals surface area contributed by atoms with E-state index >= 15 is 0 Å². The summed E-state index contributed by atoms with van der Waals surface area (Å²) in [5.74, 6) is 1.57. The maximum absolute atomic E-state index is 12.7. The van der Waals surface area contributed by atoms with E-state index < -0.39 is 0 Å². The van der Waals surface area contributed by atoms with E-state index in [0.29, 0.717) is 27.9 Å². The molecule has 0 aliphatic carbocycles. The lowest BCUT2D eigenvalue weighted by atomic mass is 10.2. The van der Waals surface area contributed by atoms with Crippen LogP contribution in [0.2, 0.25) is 10.3 Å². The summed E-state index contributed by atoms with van der Waals surface area (Å²) in [7, 11) is 0. The van der Waals surface area contributed by atoms with E-state index in [1.807, 2.05) is 24.3 Å². The molecule has 0 unspecified atom stereocenters. The lowest BCUT2D eigenvalue weighted by molar-refractivity contribution is 0.255. The fraction of sp³-hybridized carbons (Fsp3) is 0.333. The van der Waals surface area contributed by atoms with Gasteiger partial charge >= 0.3 is 6.03 Å². The fourth-order valence-electron chi connectivity index (χ4n) is 5.15. The molecule has 3 aromatic heterocycles. The summed E-state index contributed by atoms with van der Waals surface area (Å²) in [6.07, 6.45) is 5.42. The molecule has 196 valence electrons. The summed E-state index contributed by atoms with van der Waals surface area (Å²) >= 11 is 11.8. The van der Waals surface area contributed by atoms with E-state index in [4.69, 9.17) is 23.2 Å².